The second-order valence-electron chi connectivity index (χ2n) is 4.81. The summed E-state index contributed by atoms with van der Waals surface area (Å²) in [6.45, 7) is 1.85. The lowest BCUT2D eigenvalue weighted by molar-refractivity contribution is -0.136. The van der Waals surface area contributed by atoms with E-state index in [0.717, 1.165) is 11.6 Å². The highest BCUT2D eigenvalue weighted by Crippen LogP contribution is 2.37. The molecule has 0 aliphatic carbocycles. The molecule has 0 atom stereocenters. The molecule has 0 aromatic carbocycles. The first-order valence-electron chi connectivity index (χ1n) is 6.51. The van der Waals surface area contributed by atoms with Crippen molar-refractivity contribution < 1.29 is 13.2 Å². The van der Waals surface area contributed by atoms with Gasteiger partial charge in [0.15, 0.2) is 11.5 Å². The summed E-state index contributed by atoms with van der Waals surface area (Å²) in [5, 5.41) is 9.31. The van der Waals surface area contributed by atoms with Crippen LogP contribution in [0.15, 0.2) is 30.6 Å². The average molecular weight is 307 g/mol. The summed E-state index contributed by atoms with van der Waals surface area (Å²) in [7, 11) is 0. The first kappa shape index (κ1) is 14.3. The van der Waals surface area contributed by atoms with E-state index in [2.05, 4.69) is 25.5 Å². The van der Waals surface area contributed by atoms with E-state index in [1.165, 1.54) is 6.92 Å². The molecule has 22 heavy (non-hydrogen) atoms. The number of hydrogen-bond donors (Lipinski definition) is 2. The molecule has 0 unspecified atom stereocenters. The summed E-state index contributed by atoms with van der Waals surface area (Å²) in [6.07, 6.45) is -1.24. The van der Waals surface area contributed by atoms with E-state index in [-0.39, 0.29) is 22.5 Å². The van der Waals surface area contributed by atoms with Crippen LogP contribution in [-0.4, -0.2) is 20.2 Å². The highest BCUT2D eigenvalue weighted by Gasteiger charge is 2.35. The van der Waals surface area contributed by atoms with Gasteiger partial charge in [0.2, 0.25) is 0 Å². The Bertz CT molecular complexity index is 795. The number of aromatic nitrogens is 4. The summed E-state index contributed by atoms with van der Waals surface area (Å²) in [5.74, 6) is 0.131. The fourth-order valence-electron chi connectivity index (χ4n) is 2.20. The van der Waals surface area contributed by atoms with E-state index in [0.29, 0.717) is 6.54 Å². The average Bonchev–Trinajstić information content (AvgIpc) is 2.87. The van der Waals surface area contributed by atoms with Crippen molar-refractivity contribution >= 4 is 16.9 Å². The molecule has 0 aliphatic rings. The number of alkyl halides is 3. The van der Waals surface area contributed by atoms with Crippen molar-refractivity contribution in [2.45, 2.75) is 19.6 Å². The second-order valence-corrected chi connectivity index (χ2v) is 4.81. The Morgan fingerprint density at radius 2 is 1.95 bits per heavy atom. The van der Waals surface area contributed by atoms with Gasteiger partial charge in [-0.2, -0.15) is 18.3 Å². The van der Waals surface area contributed by atoms with E-state index in [4.69, 9.17) is 0 Å². The van der Waals surface area contributed by atoms with Crippen LogP contribution in [-0.2, 0) is 12.7 Å². The molecular formula is C14H12F3N5. The molecule has 8 heteroatoms. The zero-order valence-corrected chi connectivity index (χ0v) is 11.6. The topological polar surface area (TPSA) is 66.5 Å². The van der Waals surface area contributed by atoms with Crippen molar-refractivity contribution in [3.63, 3.8) is 0 Å². The molecule has 0 bridgehead atoms. The van der Waals surface area contributed by atoms with E-state index < -0.39 is 11.7 Å². The third kappa shape index (κ3) is 2.72. The van der Waals surface area contributed by atoms with Crippen LogP contribution < -0.4 is 5.32 Å². The molecule has 0 saturated heterocycles. The Morgan fingerprint density at radius 3 is 2.64 bits per heavy atom. The van der Waals surface area contributed by atoms with Gasteiger partial charge in [-0.1, -0.05) is 0 Å². The predicted octanol–water partition coefficient (Wildman–Crippen LogP) is 3.29. The third-order valence-corrected chi connectivity index (χ3v) is 3.17. The summed E-state index contributed by atoms with van der Waals surface area (Å²) in [6, 6.07) is 4.57. The number of halogens is 3. The van der Waals surface area contributed by atoms with E-state index in [1.54, 1.807) is 24.5 Å². The van der Waals surface area contributed by atoms with Crippen molar-refractivity contribution in [2.75, 3.05) is 5.32 Å². The highest BCUT2D eigenvalue weighted by molar-refractivity contribution is 5.91. The first-order valence-corrected chi connectivity index (χ1v) is 6.51. The number of aromatic amines is 1. The van der Waals surface area contributed by atoms with E-state index in [9.17, 15) is 13.2 Å². The van der Waals surface area contributed by atoms with E-state index >= 15 is 0 Å². The smallest absolute Gasteiger partial charge is 0.364 e. The van der Waals surface area contributed by atoms with Gasteiger partial charge in [0, 0.05) is 24.6 Å². The quantitative estimate of drug-likeness (QED) is 0.779. The Labute approximate surface area is 123 Å². The lowest BCUT2D eigenvalue weighted by Crippen LogP contribution is -2.08. The van der Waals surface area contributed by atoms with Crippen molar-refractivity contribution in [2.24, 2.45) is 0 Å². The predicted molar refractivity (Wildman–Crippen MR) is 75.2 cm³/mol. The third-order valence-electron chi connectivity index (χ3n) is 3.17. The number of rotatable bonds is 3. The van der Waals surface area contributed by atoms with Crippen LogP contribution in [0.1, 0.15) is 16.8 Å². The molecule has 3 rings (SSSR count). The van der Waals surface area contributed by atoms with Crippen molar-refractivity contribution in [1.29, 1.82) is 0 Å². The second kappa shape index (κ2) is 5.28. The van der Waals surface area contributed by atoms with Gasteiger partial charge in [-0.05, 0) is 30.7 Å². The van der Waals surface area contributed by atoms with Gasteiger partial charge in [0.25, 0.3) is 0 Å². The lowest BCUT2D eigenvalue weighted by atomic mass is 10.1. The van der Waals surface area contributed by atoms with Crippen molar-refractivity contribution in [3.8, 4) is 0 Å². The van der Waals surface area contributed by atoms with Gasteiger partial charge < -0.3 is 5.32 Å². The monoisotopic (exact) mass is 307 g/mol. The molecule has 2 N–H and O–H groups in total. The van der Waals surface area contributed by atoms with E-state index in [1.807, 2.05) is 0 Å². The Hall–Kier alpha value is -2.64. The number of aryl methyl sites for hydroxylation is 1. The standard InChI is InChI=1S/C14H12F3N5/c1-8-6-10(14(15,16)17)11-12(21-22-13(11)20-8)19-7-9-2-4-18-5-3-9/h2-6H,7H2,1H3,(H2,19,20,21,22). The molecule has 0 spiro atoms. The zero-order chi connectivity index (χ0) is 15.7. The number of hydrogen-bond acceptors (Lipinski definition) is 4. The van der Waals surface area contributed by atoms with Crippen LogP contribution in [0.25, 0.3) is 11.0 Å². The van der Waals surface area contributed by atoms with Crippen LogP contribution in [0.2, 0.25) is 0 Å². The normalized spacial score (nSPS) is 11.8. The fraction of sp³-hybridized carbons (Fsp3) is 0.214. The Morgan fingerprint density at radius 1 is 1.23 bits per heavy atom. The minimum absolute atomic E-state index is 0.0489. The fourth-order valence-corrected chi connectivity index (χ4v) is 2.20. The SMILES string of the molecule is Cc1cc(C(F)(F)F)c2c(NCc3ccncc3)n[nH]c2n1. The molecule has 114 valence electrons. The maximum Gasteiger partial charge on any atom is 0.417 e. The van der Waals surface area contributed by atoms with Gasteiger partial charge in [0.1, 0.15) is 0 Å². The molecule has 0 saturated carbocycles. The molecule has 0 amide bonds. The first-order chi connectivity index (χ1) is 10.4. The van der Waals surface area contributed by atoms with Crippen LogP contribution in [0.3, 0.4) is 0 Å². The van der Waals surface area contributed by atoms with Gasteiger partial charge in [-0.25, -0.2) is 4.98 Å². The Balaban J connectivity index is 2.00. The largest absolute Gasteiger partial charge is 0.417 e. The maximum absolute atomic E-state index is 13.2. The molecule has 3 heterocycles. The molecular weight excluding hydrogens is 295 g/mol. The van der Waals surface area contributed by atoms with Gasteiger partial charge in [0.05, 0.1) is 10.9 Å². The minimum atomic E-state index is -4.47. The Kier molecular flexibility index (Phi) is 3.44. The van der Waals surface area contributed by atoms with Crippen LogP contribution >= 0.6 is 0 Å². The number of pyridine rings is 2. The summed E-state index contributed by atoms with van der Waals surface area (Å²) < 4.78 is 39.6. The summed E-state index contributed by atoms with van der Waals surface area (Å²) in [4.78, 5) is 7.95. The highest BCUT2D eigenvalue weighted by atomic mass is 19.4. The molecule has 5 nitrogen and oxygen atoms in total. The molecule has 0 radical (unpaired) electrons. The summed E-state index contributed by atoms with van der Waals surface area (Å²) in [5.41, 5.74) is 0.537. The van der Waals surface area contributed by atoms with Gasteiger partial charge >= 0.3 is 6.18 Å². The van der Waals surface area contributed by atoms with Crippen LogP contribution in [0, 0.1) is 6.92 Å². The molecule has 0 fully saturated rings. The van der Waals surface area contributed by atoms with Crippen molar-refractivity contribution in [3.05, 3.63) is 47.4 Å². The van der Waals surface area contributed by atoms with Gasteiger partial charge in [-0.15, -0.1) is 0 Å². The summed E-state index contributed by atoms with van der Waals surface area (Å²) >= 11 is 0. The minimum Gasteiger partial charge on any atom is -0.364 e. The number of nitrogens with one attached hydrogen (secondary N) is 2. The number of fused-ring (bicyclic) bond motifs is 1. The number of H-pyrrole nitrogens is 1. The van der Waals surface area contributed by atoms with Crippen molar-refractivity contribution in [1.82, 2.24) is 20.2 Å². The lowest BCUT2D eigenvalue weighted by Gasteiger charge is -2.10. The number of anilines is 1. The zero-order valence-electron chi connectivity index (χ0n) is 11.6. The van der Waals surface area contributed by atoms with Crippen LogP contribution in [0.5, 0.6) is 0 Å². The van der Waals surface area contributed by atoms with Crippen LogP contribution in [0.4, 0.5) is 19.0 Å². The molecule has 3 aromatic heterocycles. The number of nitrogens with zero attached hydrogens (tertiary/aromatic N) is 3. The van der Waals surface area contributed by atoms with Gasteiger partial charge in [-0.3, -0.25) is 10.1 Å². The maximum atomic E-state index is 13.2. The molecule has 3 aromatic rings. The molecule has 0 aliphatic heterocycles.